The molecule has 0 aliphatic rings. The Hall–Kier alpha value is -1.66. The van der Waals surface area contributed by atoms with E-state index in [1.54, 1.807) is 16.9 Å². The van der Waals surface area contributed by atoms with Gasteiger partial charge in [0.1, 0.15) is 5.82 Å². The number of thiocarbonyl (C=S) groups is 1. The fraction of sp³-hybridized carbons (Fsp3) is 0.231. The van der Waals surface area contributed by atoms with Crippen LogP contribution in [0.15, 0.2) is 30.5 Å². The molecule has 106 valence electrons. The van der Waals surface area contributed by atoms with Gasteiger partial charge in [-0.25, -0.2) is 4.39 Å². The number of rotatable bonds is 3. The number of anilines is 1. The summed E-state index contributed by atoms with van der Waals surface area (Å²) in [4.78, 5) is 1.86. The maximum Gasteiger partial charge on any atom is 0.173 e. The summed E-state index contributed by atoms with van der Waals surface area (Å²) >= 11 is 11.0. The van der Waals surface area contributed by atoms with Crippen molar-refractivity contribution >= 4 is 34.6 Å². The van der Waals surface area contributed by atoms with Crippen LogP contribution in [0.4, 0.5) is 10.1 Å². The molecule has 7 heteroatoms. The van der Waals surface area contributed by atoms with Gasteiger partial charge in [0.2, 0.25) is 0 Å². The van der Waals surface area contributed by atoms with Crippen molar-refractivity contribution in [3.8, 4) is 0 Å². The Labute approximate surface area is 127 Å². The zero-order chi connectivity index (χ0) is 14.7. The lowest BCUT2D eigenvalue weighted by Crippen LogP contribution is -2.31. The van der Waals surface area contributed by atoms with Crippen LogP contribution in [0.1, 0.15) is 5.69 Å². The third-order valence-electron chi connectivity index (χ3n) is 2.84. The molecule has 20 heavy (non-hydrogen) atoms. The molecular formula is C13H14ClFN4S. The topological polar surface area (TPSA) is 33.1 Å². The van der Waals surface area contributed by atoms with E-state index in [0.29, 0.717) is 17.3 Å². The molecule has 0 aliphatic carbocycles. The first-order chi connectivity index (χ1) is 9.47. The van der Waals surface area contributed by atoms with Crippen LogP contribution in [0.2, 0.25) is 5.02 Å². The highest BCUT2D eigenvalue weighted by Gasteiger charge is 2.09. The standard InChI is InChI=1S/C13H14ClFN4S/c1-18(8-10-5-6-16-19(10)2)13(20)17-9-3-4-12(15)11(14)7-9/h3-7H,8H2,1-2H3,(H,17,20). The minimum Gasteiger partial charge on any atom is -0.346 e. The number of nitrogens with zero attached hydrogens (tertiary/aromatic N) is 3. The zero-order valence-corrected chi connectivity index (χ0v) is 12.7. The molecule has 1 heterocycles. The van der Waals surface area contributed by atoms with E-state index in [0.717, 1.165) is 5.69 Å². The minimum absolute atomic E-state index is 0.0621. The predicted octanol–water partition coefficient (Wildman–Crippen LogP) is 3.04. The second-order valence-corrected chi connectivity index (χ2v) is 5.16. The molecule has 1 aromatic heterocycles. The lowest BCUT2D eigenvalue weighted by molar-refractivity contribution is 0.482. The second kappa shape index (κ2) is 6.19. The number of hydrogen-bond acceptors (Lipinski definition) is 2. The van der Waals surface area contributed by atoms with Crippen molar-refractivity contribution in [2.75, 3.05) is 12.4 Å². The van der Waals surface area contributed by atoms with Crippen molar-refractivity contribution < 1.29 is 4.39 Å². The molecule has 0 atom stereocenters. The summed E-state index contributed by atoms with van der Waals surface area (Å²) in [6.45, 7) is 0.622. The summed E-state index contributed by atoms with van der Waals surface area (Å²) in [5.41, 5.74) is 1.69. The number of aryl methyl sites for hydroxylation is 1. The molecule has 0 radical (unpaired) electrons. The van der Waals surface area contributed by atoms with Gasteiger partial charge in [-0.15, -0.1) is 0 Å². The van der Waals surface area contributed by atoms with E-state index < -0.39 is 5.82 Å². The molecule has 0 amide bonds. The fourth-order valence-electron chi connectivity index (χ4n) is 1.66. The monoisotopic (exact) mass is 312 g/mol. The highest BCUT2D eigenvalue weighted by atomic mass is 35.5. The van der Waals surface area contributed by atoms with Crippen LogP contribution in [-0.4, -0.2) is 26.8 Å². The van der Waals surface area contributed by atoms with Crippen LogP contribution in [0.5, 0.6) is 0 Å². The van der Waals surface area contributed by atoms with Crippen LogP contribution in [-0.2, 0) is 13.6 Å². The molecule has 1 aromatic carbocycles. The molecule has 0 unspecified atom stereocenters. The minimum atomic E-state index is -0.452. The Morgan fingerprint density at radius 1 is 1.50 bits per heavy atom. The van der Waals surface area contributed by atoms with Gasteiger partial charge < -0.3 is 10.2 Å². The summed E-state index contributed by atoms with van der Waals surface area (Å²) < 4.78 is 14.9. The van der Waals surface area contributed by atoms with E-state index in [1.165, 1.54) is 12.1 Å². The smallest absolute Gasteiger partial charge is 0.173 e. The third kappa shape index (κ3) is 3.46. The average molecular weight is 313 g/mol. The largest absolute Gasteiger partial charge is 0.346 e. The molecule has 0 aliphatic heterocycles. The van der Waals surface area contributed by atoms with Gasteiger partial charge in [0, 0.05) is 26.0 Å². The van der Waals surface area contributed by atoms with E-state index in [-0.39, 0.29) is 5.02 Å². The molecule has 0 saturated heterocycles. The average Bonchev–Trinajstić information content (AvgIpc) is 2.79. The maximum absolute atomic E-state index is 13.1. The van der Waals surface area contributed by atoms with E-state index in [1.807, 2.05) is 25.1 Å². The normalized spacial score (nSPS) is 10.4. The Morgan fingerprint density at radius 3 is 2.85 bits per heavy atom. The first-order valence-electron chi connectivity index (χ1n) is 5.91. The van der Waals surface area contributed by atoms with Gasteiger partial charge in [0.15, 0.2) is 5.11 Å². The van der Waals surface area contributed by atoms with Crippen molar-refractivity contribution in [1.82, 2.24) is 14.7 Å². The quantitative estimate of drug-likeness (QED) is 0.883. The van der Waals surface area contributed by atoms with Crippen molar-refractivity contribution in [2.45, 2.75) is 6.54 Å². The number of benzene rings is 1. The Morgan fingerprint density at radius 2 is 2.25 bits per heavy atom. The molecule has 2 aromatic rings. The SMILES string of the molecule is CN(Cc1ccnn1C)C(=S)Nc1ccc(F)c(Cl)c1. The summed E-state index contributed by atoms with van der Waals surface area (Å²) in [5, 5.41) is 7.70. The number of hydrogen-bond donors (Lipinski definition) is 1. The summed E-state index contributed by atoms with van der Waals surface area (Å²) in [6.07, 6.45) is 1.74. The van der Waals surface area contributed by atoms with Crippen LogP contribution in [0.25, 0.3) is 0 Å². The van der Waals surface area contributed by atoms with Crippen LogP contribution >= 0.6 is 23.8 Å². The summed E-state index contributed by atoms with van der Waals surface area (Å²) in [5.74, 6) is -0.452. The molecule has 1 N–H and O–H groups in total. The van der Waals surface area contributed by atoms with Crippen molar-refractivity contribution in [1.29, 1.82) is 0 Å². The van der Waals surface area contributed by atoms with Crippen LogP contribution in [0, 0.1) is 5.82 Å². The molecule has 0 saturated carbocycles. The summed E-state index contributed by atoms with van der Waals surface area (Å²) in [6, 6.07) is 6.31. The summed E-state index contributed by atoms with van der Waals surface area (Å²) in [7, 11) is 3.74. The van der Waals surface area contributed by atoms with E-state index >= 15 is 0 Å². The van der Waals surface area contributed by atoms with Gasteiger partial charge in [-0.05, 0) is 36.5 Å². The molecule has 4 nitrogen and oxygen atoms in total. The third-order valence-corrected chi connectivity index (χ3v) is 3.54. The molecular weight excluding hydrogens is 299 g/mol. The van der Waals surface area contributed by atoms with Gasteiger partial charge >= 0.3 is 0 Å². The van der Waals surface area contributed by atoms with E-state index in [9.17, 15) is 4.39 Å². The lowest BCUT2D eigenvalue weighted by atomic mass is 10.3. The molecule has 0 bridgehead atoms. The van der Waals surface area contributed by atoms with Gasteiger partial charge in [-0.1, -0.05) is 11.6 Å². The highest BCUT2D eigenvalue weighted by molar-refractivity contribution is 7.80. The van der Waals surface area contributed by atoms with Crippen LogP contribution < -0.4 is 5.32 Å². The fourth-order valence-corrected chi connectivity index (χ4v) is 2.03. The van der Waals surface area contributed by atoms with E-state index in [2.05, 4.69) is 10.4 Å². The maximum atomic E-state index is 13.1. The van der Waals surface area contributed by atoms with Crippen molar-refractivity contribution in [2.24, 2.45) is 7.05 Å². The van der Waals surface area contributed by atoms with E-state index in [4.69, 9.17) is 23.8 Å². The number of aromatic nitrogens is 2. The first-order valence-corrected chi connectivity index (χ1v) is 6.70. The Balaban J connectivity index is 2.00. The second-order valence-electron chi connectivity index (χ2n) is 4.36. The van der Waals surface area contributed by atoms with Gasteiger partial charge in [-0.3, -0.25) is 4.68 Å². The van der Waals surface area contributed by atoms with Crippen molar-refractivity contribution in [3.05, 3.63) is 47.0 Å². The zero-order valence-electron chi connectivity index (χ0n) is 11.1. The predicted molar refractivity (Wildman–Crippen MR) is 82.3 cm³/mol. The molecule has 2 rings (SSSR count). The van der Waals surface area contributed by atoms with Crippen LogP contribution in [0.3, 0.4) is 0 Å². The first kappa shape index (κ1) is 14.7. The Bertz CT molecular complexity index is 629. The highest BCUT2D eigenvalue weighted by Crippen LogP contribution is 2.19. The lowest BCUT2D eigenvalue weighted by Gasteiger charge is -2.21. The van der Waals surface area contributed by atoms with Gasteiger partial charge in [0.25, 0.3) is 0 Å². The number of nitrogens with one attached hydrogen (secondary N) is 1. The molecule has 0 spiro atoms. The molecule has 0 fully saturated rings. The number of halogens is 2. The Kier molecular flexibility index (Phi) is 4.57. The van der Waals surface area contributed by atoms with Crippen molar-refractivity contribution in [3.63, 3.8) is 0 Å². The van der Waals surface area contributed by atoms with Gasteiger partial charge in [0.05, 0.1) is 17.3 Å². The van der Waals surface area contributed by atoms with Gasteiger partial charge in [-0.2, -0.15) is 5.10 Å².